The van der Waals surface area contributed by atoms with Gasteiger partial charge >= 0.3 is 0 Å². The summed E-state index contributed by atoms with van der Waals surface area (Å²) in [5.74, 6) is 1.68. The van der Waals surface area contributed by atoms with Crippen LogP contribution in [0.3, 0.4) is 0 Å². The Morgan fingerprint density at radius 3 is 2.81 bits per heavy atom. The molecule has 1 N–H and O–H groups in total. The molecule has 0 bridgehead atoms. The summed E-state index contributed by atoms with van der Waals surface area (Å²) < 4.78 is 18.0. The number of halogens is 1. The molecule has 2 aromatic heterocycles. The fourth-order valence-electron chi connectivity index (χ4n) is 2.82. The number of nitrogens with one attached hydrogen (secondary N) is 1. The van der Waals surface area contributed by atoms with Gasteiger partial charge in [0.15, 0.2) is 5.76 Å². The molecule has 31 heavy (non-hydrogen) atoms. The summed E-state index contributed by atoms with van der Waals surface area (Å²) in [5, 5.41) is 7.50. The van der Waals surface area contributed by atoms with Crippen LogP contribution in [0.15, 0.2) is 71.4 Å². The number of rotatable bonds is 8. The molecule has 4 aromatic rings. The summed E-state index contributed by atoms with van der Waals surface area (Å²) in [5.41, 5.74) is 0.902. The Balaban J connectivity index is 1.34. The first kappa shape index (κ1) is 20.5. The maximum atomic E-state index is 12.4. The maximum Gasteiger partial charge on any atom is 0.293 e. The Labute approximate surface area is 183 Å². The fourth-order valence-corrected chi connectivity index (χ4v) is 3.01. The molecule has 9 heteroatoms. The van der Waals surface area contributed by atoms with E-state index in [1.165, 1.54) is 6.33 Å². The minimum absolute atomic E-state index is 0.131. The zero-order valence-electron chi connectivity index (χ0n) is 16.6. The number of carbonyl (C=O) groups is 1. The number of hydrogen-bond acceptors (Lipinski definition) is 6. The molecule has 0 spiro atoms. The number of aromatic nitrogens is 3. The van der Waals surface area contributed by atoms with Crippen LogP contribution in [-0.2, 0) is 13.2 Å². The highest BCUT2D eigenvalue weighted by atomic mass is 35.5. The van der Waals surface area contributed by atoms with E-state index in [0.29, 0.717) is 28.8 Å². The van der Waals surface area contributed by atoms with Crippen LogP contribution < -0.4 is 14.8 Å². The summed E-state index contributed by atoms with van der Waals surface area (Å²) >= 11 is 6.17. The molecule has 0 atom stereocenters. The number of benzene rings is 2. The zero-order valence-corrected chi connectivity index (χ0v) is 17.4. The second-order valence-electron chi connectivity index (χ2n) is 6.54. The van der Waals surface area contributed by atoms with Crippen molar-refractivity contribution < 1.29 is 18.7 Å². The van der Waals surface area contributed by atoms with Gasteiger partial charge in [-0.25, -0.2) is 9.67 Å². The Bertz CT molecular complexity index is 1190. The van der Waals surface area contributed by atoms with E-state index in [-0.39, 0.29) is 18.3 Å². The number of amides is 1. The Morgan fingerprint density at radius 2 is 1.97 bits per heavy atom. The number of hydrogen-bond donors (Lipinski definition) is 1. The molecule has 0 unspecified atom stereocenters. The first-order chi connectivity index (χ1) is 15.1. The van der Waals surface area contributed by atoms with Gasteiger partial charge in [-0.2, -0.15) is 0 Å². The van der Waals surface area contributed by atoms with Crippen molar-refractivity contribution in [2.75, 3.05) is 12.4 Å². The SMILES string of the molecule is COc1cccc(OCc2ccc(C(=O)Nc3ncn(Cc4ccccc4Cl)n3)o2)c1. The van der Waals surface area contributed by atoms with E-state index in [4.69, 9.17) is 25.5 Å². The molecular weight excluding hydrogens is 420 g/mol. The zero-order chi connectivity index (χ0) is 21.6. The van der Waals surface area contributed by atoms with E-state index in [1.54, 1.807) is 30.0 Å². The quantitative estimate of drug-likeness (QED) is 0.438. The molecular formula is C22H19ClN4O4. The summed E-state index contributed by atoms with van der Waals surface area (Å²) in [4.78, 5) is 16.5. The average molecular weight is 439 g/mol. The van der Waals surface area contributed by atoms with Gasteiger partial charge in [0.1, 0.15) is 30.2 Å². The fraction of sp³-hybridized carbons (Fsp3) is 0.136. The summed E-state index contributed by atoms with van der Waals surface area (Å²) in [6.45, 7) is 0.611. The highest BCUT2D eigenvalue weighted by molar-refractivity contribution is 6.31. The number of anilines is 1. The lowest BCUT2D eigenvalue weighted by Crippen LogP contribution is -2.12. The third-order valence-electron chi connectivity index (χ3n) is 4.36. The molecule has 0 saturated heterocycles. The van der Waals surface area contributed by atoms with Crippen molar-refractivity contribution in [1.29, 1.82) is 0 Å². The van der Waals surface area contributed by atoms with Crippen LogP contribution in [0.5, 0.6) is 11.5 Å². The van der Waals surface area contributed by atoms with Crippen LogP contribution in [-0.4, -0.2) is 27.8 Å². The topological polar surface area (TPSA) is 91.4 Å². The van der Waals surface area contributed by atoms with Crippen molar-refractivity contribution >= 4 is 23.5 Å². The summed E-state index contributed by atoms with van der Waals surface area (Å²) in [7, 11) is 1.59. The van der Waals surface area contributed by atoms with Crippen LogP contribution >= 0.6 is 11.6 Å². The Kier molecular flexibility index (Phi) is 6.18. The highest BCUT2D eigenvalue weighted by Crippen LogP contribution is 2.21. The van der Waals surface area contributed by atoms with Gasteiger partial charge in [0.05, 0.1) is 13.7 Å². The normalized spacial score (nSPS) is 10.6. The van der Waals surface area contributed by atoms with Gasteiger partial charge in [-0.1, -0.05) is 35.9 Å². The van der Waals surface area contributed by atoms with E-state index >= 15 is 0 Å². The van der Waals surface area contributed by atoms with Gasteiger partial charge in [-0.15, -0.1) is 5.10 Å². The molecule has 0 fully saturated rings. The molecule has 158 valence electrons. The first-order valence-electron chi connectivity index (χ1n) is 9.40. The lowest BCUT2D eigenvalue weighted by molar-refractivity contribution is 0.0991. The molecule has 0 saturated carbocycles. The predicted octanol–water partition coefficient (Wildman–Crippen LogP) is 4.41. The van der Waals surface area contributed by atoms with E-state index < -0.39 is 5.91 Å². The van der Waals surface area contributed by atoms with Crippen molar-refractivity contribution in [2.24, 2.45) is 0 Å². The van der Waals surface area contributed by atoms with Crippen molar-refractivity contribution in [3.63, 3.8) is 0 Å². The van der Waals surface area contributed by atoms with Crippen molar-refractivity contribution in [2.45, 2.75) is 13.2 Å². The molecule has 0 aliphatic heterocycles. The first-order valence-corrected chi connectivity index (χ1v) is 9.78. The molecule has 1 amide bonds. The average Bonchev–Trinajstić information content (AvgIpc) is 3.44. The van der Waals surface area contributed by atoms with Gasteiger partial charge in [0.2, 0.25) is 5.95 Å². The largest absolute Gasteiger partial charge is 0.497 e. The van der Waals surface area contributed by atoms with Crippen LogP contribution in [0.1, 0.15) is 21.9 Å². The molecule has 8 nitrogen and oxygen atoms in total. The third-order valence-corrected chi connectivity index (χ3v) is 4.73. The molecule has 2 aromatic carbocycles. The van der Waals surface area contributed by atoms with Crippen molar-refractivity contribution in [1.82, 2.24) is 14.8 Å². The van der Waals surface area contributed by atoms with Gasteiger partial charge < -0.3 is 13.9 Å². The van der Waals surface area contributed by atoms with Crippen molar-refractivity contribution in [3.8, 4) is 11.5 Å². The van der Waals surface area contributed by atoms with Crippen molar-refractivity contribution in [3.05, 3.63) is 89.1 Å². The molecule has 0 aliphatic rings. The lowest BCUT2D eigenvalue weighted by atomic mass is 10.2. The smallest absolute Gasteiger partial charge is 0.293 e. The van der Waals surface area contributed by atoms with Gasteiger partial charge in [-0.05, 0) is 35.9 Å². The number of carbonyl (C=O) groups excluding carboxylic acids is 1. The van der Waals surface area contributed by atoms with Crippen LogP contribution in [0, 0.1) is 0 Å². The number of methoxy groups -OCH3 is 1. The number of ether oxygens (including phenoxy) is 2. The van der Waals surface area contributed by atoms with Crippen LogP contribution in [0.2, 0.25) is 5.02 Å². The Hall–Kier alpha value is -3.78. The van der Waals surface area contributed by atoms with Gasteiger partial charge in [0.25, 0.3) is 5.91 Å². The summed E-state index contributed by atoms with van der Waals surface area (Å²) in [6.07, 6.45) is 1.52. The number of furan rings is 1. The minimum atomic E-state index is -0.455. The van der Waals surface area contributed by atoms with E-state index in [0.717, 1.165) is 5.56 Å². The monoisotopic (exact) mass is 438 g/mol. The van der Waals surface area contributed by atoms with Gasteiger partial charge in [0, 0.05) is 11.1 Å². The van der Waals surface area contributed by atoms with Crippen LogP contribution in [0.25, 0.3) is 0 Å². The maximum absolute atomic E-state index is 12.4. The highest BCUT2D eigenvalue weighted by Gasteiger charge is 2.14. The Morgan fingerprint density at radius 1 is 1.13 bits per heavy atom. The van der Waals surface area contributed by atoms with Gasteiger partial charge in [-0.3, -0.25) is 10.1 Å². The number of nitrogens with zero attached hydrogens (tertiary/aromatic N) is 3. The third kappa shape index (κ3) is 5.23. The molecule has 0 radical (unpaired) electrons. The molecule has 2 heterocycles. The van der Waals surface area contributed by atoms with E-state index in [1.807, 2.05) is 42.5 Å². The predicted molar refractivity (Wildman–Crippen MR) is 115 cm³/mol. The van der Waals surface area contributed by atoms with E-state index in [9.17, 15) is 4.79 Å². The second-order valence-corrected chi connectivity index (χ2v) is 6.95. The minimum Gasteiger partial charge on any atom is -0.497 e. The summed E-state index contributed by atoms with van der Waals surface area (Å²) in [6, 6.07) is 17.9. The molecule has 4 rings (SSSR count). The molecule has 0 aliphatic carbocycles. The van der Waals surface area contributed by atoms with Crippen LogP contribution in [0.4, 0.5) is 5.95 Å². The second kappa shape index (κ2) is 9.36. The standard InChI is InChI=1S/C22H19ClN4O4/c1-29-16-6-4-7-17(11-16)30-13-18-9-10-20(31-18)21(28)25-22-24-14-27(26-22)12-15-5-2-3-8-19(15)23/h2-11,14H,12-13H2,1H3,(H,25,26,28). The van der Waals surface area contributed by atoms with E-state index in [2.05, 4.69) is 15.4 Å². The lowest BCUT2D eigenvalue weighted by Gasteiger charge is -2.06.